The summed E-state index contributed by atoms with van der Waals surface area (Å²) in [6.07, 6.45) is -0.610. The van der Waals surface area contributed by atoms with Crippen molar-refractivity contribution in [3.8, 4) is 11.5 Å². The van der Waals surface area contributed by atoms with Gasteiger partial charge in [0.25, 0.3) is 5.91 Å². The molecule has 0 aromatic heterocycles. The average molecular weight is 1820 g/mol. The molecular formula is C104H130N4O24. The smallest absolute Gasteiger partial charge is 0.408 e. The first-order valence-electron chi connectivity index (χ1n) is 47.0. The third-order valence-corrected chi connectivity index (χ3v) is 31.0. The van der Waals surface area contributed by atoms with Crippen molar-refractivity contribution < 1.29 is 116 Å². The minimum Gasteiger partial charge on any atom is -0.508 e. The number of rotatable bonds is 36. The van der Waals surface area contributed by atoms with Gasteiger partial charge < -0.3 is 80.0 Å². The Hall–Kier alpha value is -11.1. The fourth-order valence-electron chi connectivity index (χ4n) is 23.8. The lowest BCUT2D eigenvalue weighted by molar-refractivity contribution is -0.346. The van der Waals surface area contributed by atoms with Gasteiger partial charge in [0, 0.05) is 75.8 Å². The van der Waals surface area contributed by atoms with Crippen molar-refractivity contribution in [2.45, 2.75) is 283 Å². The Bertz CT molecular complexity index is 5120. The van der Waals surface area contributed by atoms with Crippen LogP contribution in [0.1, 0.15) is 242 Å². The highest BCUT2D eigenvalue weighted by Crippen LogP contribution is 2.69. The maximum absolute atomic E-state index is 16.1. The quantitative estimate of drug-likeness (QED) is 0.00778. The number of phenols is 2. The van der Waals surface area contributed by atoms with Crippen molar-refractivity contribution in [2.75, 3.05) is 13.2 Å². The number of nitrogens with one attached hydrogen (secondary N) is 4. The van der Waals surface area contributed by atoms with Crippen LogP contribution in [0.15, 0.2) is 162 Å². The van der Waals surface area contributed by atoms with Crippen molar-refractivity contribution in [2.24, 2.45) is 69.0 Å². The Morgan fingerprint density at radius 1 is 0.652 bits per heavy atom. The lowest BCUT2D eigenvalue weighted by atomic mass is 9.44. The number of ketones is 2. The van der Waals surface area contributed by atoms with Gasteiger partial charge >= 0.3 is 41.9 Å². The van der Waals surface area contributed by atoms with Gasteiger partial charge in [-0.2, -0.15) is 0 Å². The summed E-state index contributed by atoms with van der Waals surface area (Å²) in [6, 6.07) is 31.0. The molecular weight excluding hydrogens is 1690 g/mol. The molecule has 6 unspecified atom stereocenters. The maximum atomic E-state index is 16.1. The molecule has 7 aliphatic carbocycles. The number of carboxylic acids is 1. The van der Waals surface area contributed by atoms with E-state index in [2.05, 4.69) is 62.0 Å². The van der Waals surface area contributed by atoms with E-state index in [1.807, 2.05) is 0 Å². The van der Waals surface area contributed by atoms with E-state index in [4.69, 9.17) is 33.2 Å². The zero-order valence-electron chi connectivity index (χ0n) is 77.5. The number of carbonyl (C=O) groups is 12. The number of alkyl carbamates (subject to hydrolysis) is 1. The first-order valence-corrected chi connectivity index (χ1v) is 47.0. The van der Waals surface area contributed by atoms with E-state index >= 15 is 14.4 Å². The number of aliphatic hydroxyl groups excluding tert-OH is 1. The minimum absolute atomic E-state index is 0.0161. The molecule has 1 saturated heterocycles. The topological polar surface area (TPSA) is 419 Å². The summed E-state index contributed by atoms with van der Waals surface area (Å²) in [5.41, 5.74) is -5.74. The molecule has 13 rings (SSSR count). The van der Waals surface area contributed by atoms with E-state index in [0.29, 0.717) is 59.0 Å². The number of amides is 4. The molecule has 9 N–H and O–H groups in total. The van der Waals surface area contributed by atoms with Crippen LogP contribution >= 0.6 is 0 Å². The van der Waals surface area contributed by atoms with Crippen LogP contribution in [0.2, 0.25) is 0 Å². The predicted octanol–water partition coefficient (Wildman–Crippen LogP) is 13.9. The molecule has 1 aliphatic heterocycles. The lowest BCUT2D eigenvalue weighted by Gasteiger charge is -2.67. The summed E-state index contributed by atoms with van der Waals surface area (Å²) in [7, 11) is 0. The Kier molecular flexibility index (Phi) is 30.7. The summed E-state index contributed by atoms with van der Waals surface area (Å²) < 4.78 is 43.7. The van der Waals surface area contributed by atoms with Gasteiger partial charge in [-0.15, -0.1) is 0 Å². The number of aromatic hydroxyl groups is 2. The summed E-state index contributed by atoms with van der Waals surface area (Å²) in [4.78, 5) is 174. The fraction of sp³-hybridized carbons (Fsp3) is 0.558. The number of esters is 5. The number of carboxylic acid groups (broad SMARTS) is 1. The van der Waals surface area contributed by atoms with Gasteiger partial charge in [0.2, 0.25) is 17.9 Å². The summed E-state index contributed by atoms with van der Waals surface area (Å²) in [5.74, 6) is -9.66. The Balaban J connectivity index is 0.715. The lowest BCUT2D eigenvalue weighted by Crippen LogP contribution is -2.82. The highest BCUT2D eigenvalue weighted by atomic mass is 16.6. The number of fused-ring (bicyclic) bond motifs is 10. The molecule has 4 amide bonds. The Morgan fingerprint density at radius 3 is 1.90 bits per heavy atom. The molecule has 0 spiro atoms. The number of unbranched alkanes of at least 4 members (excludes halogenated alkanes) is 1. The van der Waals surface area contributed by atoms with Gasteiger partial charge in [0.05, 0.1) is 42.1 Å². The third-order valence-electron chi connectivity index (χ3n) is 31.0. The number of aliphatic hydroxyl groups is 2. The predicted molar refractivity (Wildman–Crippen MR) is 484 cm³/mol. The van der Waals surface area contributed by atoms with Crippen LogP contribution in [0.5, 0.6) is 11.5 Å². The number of Topliss-reactive ketones (excluding diaryl/α,β-unsaturated/α-hetero) is 2. The van der Waals surface area contributed by atoms with Crippen LogP contribution in [0.3, 0.4) is 0 Å². The van der Waals surface area contributed by atoms with Crippen molar-refractivity contribution in [3.05, 3.63) is 190 Å². The maximum Gasteiger partial charge on any atom is 0.408 e. The summed E-state index contributed by atoms with van der Waals surface area (Å²) in [5, 5.41) is 68.7. The van der Waals surface area contributed by atoms with Crippen molar-refractivity contribution in [1.29, 1.82) is 0 Å². The fourth-order valence-corrected chi connectivity index (χ4v) is 23.8. The number of ether oxygens (including phenoxy) is 7. The molecule has 5 saturated carbocycles. The normalized spacial score (nSPS) is 29.1. The number of allylic oxidation sites excluding steroid dienone is 1. The standard InChI is InChI=1S/C104H130N4O24/c1-59(2)24-23-25-60(3)75-43-44-76-74-42-37-70-55-73(47-49-100(70,9)77(74)48-50-101(75,76)10)128-98(124)107-78(52-64-33-38-71(111)39-34-64)80(113)54-69(94(119)106-79(95(120)121)53-65-35-40-72(112)41-36-65)32-21-22-51-105-84(115)45-46-85(116)130-89(87(66-26-15-12-16-27-66)108-93(118)67-28-17-13-18-29-67)97(123)129-81-57-104(125)92(131-96(122)68-30-19-14-20-31-68)90-102(11,82(114)56-83-103(90,58-126-83)132-63(6)110)91(117)88(127-62(5)109)86(61(81)4)99(104,7)8/h12-20,26-31,33-41,59-60,69,73-79,81-83,87-90,92,111-112,114,125H,21-25,32,42-58H2,1-11H3,(H,105,115)(H,106,119)(H,107,124)(H,108,118)(H,120,121)/t60-,69+,73?,74+,75?,76+,77+,78?,79?,81-,82-,83+,87-,88+,89+,90?,92?,100+,101-,102+,103-,104-/m1/s1. The zero-order chi connectivity index (χ0) is 95.1. The van der Waals surface area contributed by atoms with Crippen LogP contribution < -0.4 is 21.3 Å². The molecule has 710 valence electrons. The van der Waals surface area contributed by atoms with Crippen LogP contribution in [0, 0.1) is 69.0 Å². The molecule has 132 heavy (non-hydrogen) atoms. The molecule has 28 nitrogen and oxygen atoms in total. The van der Waals surface area contributed by atoms with Crippen molar-refractivity contribution in [1.82, 2.24) is 21.3 Å². The molecule has 5 aromatic rings. The number of hydrogen-bond acceptors (Lipinski definition) is 23. The largest absolute Gasteiger partial charge is 0.508 e. The highest BCUT2D eigenvalue weighted by molar-refractivity contribution is 5.97. The second-order valence-electron chi connectivity index (χ2n) is 39.9. The van der Waals surface area contributed by atoms with Gasteiger partial charge in [-0.05, 0) is 201 Å². The summed E-state index contributed by atoms with van der Waals surface area (Å²) >= 11 is 0. The van der Waals surface area contributed by atoms with E-state index in [9.17, 15) is 68.7 Å². The van der Waals surface area contributed by atoms with Gasteiger partial charge in [-0.25, -0.2) is 19.2 Å². The van der Waals surface area contributed by atoms with Gasteiger partial charge in [0.15, 0.2) is 23.3 Å². The van der Waals surface area contributed by atoms with E-state index in [1.54, 1.807) is 78.9 Å². The van der Waals surface area contributed by atoms with E-state index in [-0.39, 0.29) is 89.8 Å². The highest BCUT2D eigenvalue weighted by Gasteiger charge is 2.79. The molecule has 6 fully saturated rings. The average Bonchev–Trinajstić information content (AvgIpc) is 1.41. The SMILES string of the molecule is CC(=O)O[C@@H]1C(=O)[C@]2(C)C(C(OC(=O)c3ccccc3)[C@]3(O)C[C@@H](OC(=O)[C@@H](OC(=O)CCC(=O)NCCCC[C@@H](CC(=O)C(Cc4ccc(O)cc4)NC(=O)OC4CC[C@@]5(C)C(=CC[C@@H]6[C@@H]5CC[C@]5(C)C([C@H](C)CCCC(C)C)CC[C@@H]65)C4)C(=O)NC(Cc4ccc(O)cc4)C(=O)O)[C@H](NC(=O)c4ccccc4)c4ccccc4)C(C)=C1C3(C)C)[C@@]1(OC(C)=O)CO[C@H]1C[C@H]2O. The van der Waals surface area contributed by atoms with Crippen molar-refractivity contribution >= 4 is 71.2 Å². The number of aliphatic carboxylic acids is 1. The monoisotopic (exact) mass is 1820 g/mol. The van der Waals surface area contributed by atoms with Crippen LogP contribution in [-0.4, -0.2) is 176 Å². The van der Waals surface area contributed by atoms with Crippen LogP contribution in [-0.2, 0) is 89.2 Å². The molecule has 8 aliphatic rings. The summed E-state index contributed by atoms with van der Waals surface area (Å²) in [6.45, 7) is 19.6. The first-order chi connectivity index (χ1) is 62.7. The minimum atomic E-state index is -2.60. The number of phenolic OH excluding ortho intramolecular Hbond substituents is 2. The third kappa shape index (κ3) is 20.9. The molecule has 28 heteroatoms. The van der Waals surface area contributed by atoms with E-state index in [0.717, 1.165) is 32.6 Å². The van der Waals surface area contributed by atoms with E-state index in [1.165, 1.54) is 139 Å². The molecule has 22 atom stereocenters. The Labute approximate surface area is 771 Å². The number of carbonyl (C=O) groups excluding carboxylic acids is 11. The van der Waals surface area contributed by atoms with Gasteiger partial charge in [0.1, 0.15) is 53.6 Å². The van der Waals surface area contributed by atoms with Crippen LogP contribution in [0.25, 0.3) is 0 Å². The van der Waals surface area contributed by atoms with E-state index < -0.39 is 198 Å². The number of benzene rings is 5. The first kappa shape index (κ1) is 98.4. The van der Waals surface area contributed by atoms with Gasteiger partial charge in [-0.1, -0.05) is 177 Å². The molecule has 2 bridgehead atoms. The van der Waals surface area contributed by atoms with Crippen molar-refractivity contribution in [3.63, 3.8) is 0 Å². The Morgan fingerprint density at radius 2 is 1.29 bits per heavy atom. The second kappa shape index (κ2) is 41.2. The molecule has 5 aromatic carbocycles. The molecule has 0 radical (unpaired) electrons. The molecule has 1 heterocycles. The zero-order valence-corrected chi connectivity index (χ0v) is 77.5. The number of hydrogen-bond donors (Lipinski definition) is 9. The van der Waals surface area contributed by atoms with Crippen LogP contribution in [0.4, 0.5) is 4.79 Å². The second-order valence-corrected chi connectivity index (χ2v) is 39.9. The van der Waals surface area contributed by atoms with Gasteiger partial charge in [-0.3, -0.25) is 38.4 Å².